The number of halogens is 3. The van der Waals surface area contributed by atoms with Gasteiger partial charge in [0.05, 0.1) is 18.2 Å². The summed E-state index contributed by atoms with van der Waals surface area (Å²) >= 11 is 0. The number of hydrogen-bond donors (Lipinski definition) is 5. The van der Waals surface area contributed by atoms with Crippen molar-refractivity contribution in [1.29, 1.82) is 0 Å². The molecule has 1 aliphatic rings. The van der Waals surface area contributed by atoms with Gasteiger partial charge in [0, 0.05) is 32.8 Å². The quantitative estimate of drug-likeness (QED) is 0.402. The van der Waals surface area contributed by atoms with Gasteiger partial charge in [-0.1, -0.05) is 12.1 Å². The van der Waals surface area contributed by atoms with E-state index in [4.69, 9.17) is 25.2 Å². The van der Waals surface area contributed by atoms with Crippen molar-refractivity contribution in [3.8, 4) is 0 Å². The number of nitrogens with zero attached hydrogens (tertiary/aromatic N) is 1. The molecule has 1 fully saturated rings. The van der Waals surface area contributed by atoms with Gasteiger partial charge in [-0.3, -0.25) is 4.90 Å². The fraction of sp³-hybridized carbons (Fsp3) is 0.579. The van der Waals surface area contributed by atoms with E-state index in [9.17, 15) is 22.8 Å². The van der Waals surface area contributed by atoms with Gasteiger partial charge in [-0.2, -0.15) is 13.2 Å². The number of carbonyl (C=O) groups is 2. The average molecular weight is 452 g/mol. The molecule has 2 unspecified atom stereocenters. The highest BCUT2D eigenvalue weighted by atomic mass is 19.4. The number of methoxy groups -OCH3 is 1. The van der Waals surface area contributed by atoms with Crippen LogP contribution in [0.25, 0.3) is 0 Å². The summed E-state index contributed by atoms with van der Waals surface area (Å²) in [6.07, 6.45) is -8.83. The van der Waals surface area contributed by atoms with Gasteiger partial charge in [0.1, 0.15) is 0 Å². The number of aliphatic hydroxyl groups is 2. The second-order valence-electron chi connectivity index (χ2n) is 6.95. The highest BCUT2D eigenvalue weighted by Crippen LogP contribution is 2.31. The zero-order valence-corrected chi connectivity index (χ0v) is 17.0. The number of benzene rings is 1. The number of aliphatic hydroxyl groups excluding tert-OH is 2. The van der Waals surface area contributed by atoms with Gasteiger partial charge >= 0.3 is 18.1 Å². The number of hydrogen-bond acceptors (Lipinski definition) is 7. The smallest absolute Gasteiger partial charge is 0.416 e. The first-order chi connectivity index (χ1) is 14.4. The lowest BCUT2D eigenvalue weighted by molar-refractivity contribution is -0.165. The Bertz CT molecular complexity index is 697. The van der Waals surface area contributed by atoms with E-state index in [0.29, 0.717) is 12.6 Å². The van der Waals surface area contributed by atoms with Crippen LogP contribution in [-0.2, 0) is 20.5 Å². The molecule has 0 saturated carbocycles. The molecule has 176 valence electrons. The van der Waals surface area contributed by atoms with Crippen molar-refractivity contribution in [1.82, 2.24) is 10.2 Å². The van der Waals surface area contributed by atoms with Gasteiger partial charge in [-0.05, 0) is 24.6 Å². The molecule has 0 bridgehead atoms. The molecule has 12 heteroatoms. The lowest BCUT2D eigenvalue weighted by atomic mass is 10.0. The summed E-state index contributed by atoms with van der Waals surface area (Å²) in [4.78, 5) is 21.8. The molecular weight excluding hydrogens is 425 g/mol. The molecule has 5 N–H and O–H groups in total. The van der Waals surface area contributed by atoms with E-state index in [0.717, 1.165) is 37.3 Å². The van der Waals surface area contributed by atoms with E-state index in [-0.39, 0.29) is 6.04 Å². The number of carboxylic acids is 2. The van der Waals surface area contributed by atoms with Crippen LogP contribution in [0.3, 0.4) is 0 Å². The molecule has 9 nitrogen and oxygen atoms in total. The number of ether oxygens (including phenoxy) is 1. The van der Waals surface area contributed by atoms with Crippen LogP contribution < -0.4 is 5.32 Å². The molecule has 0 amide bonds. The third-order valence-corrected chi connectivity index (χ3v) is 4.71. The minimum atomic E-state index is -4.29. The average Bonchev–Trinajstić information content (AvgIpc) is 2.71. The van der Waals surface area contributed by atoms with Crippen molar-refractivity contribution in [3.63, 3.8) is 0 Å². The molecule has 31 heavy (non-hydrogen) atoms. The fourth-order valence-corrected chi connectivity index (χ4v) is 3.03. The van der Waals surface area contributed by atoms with E-state index >= 15 is 0 Å². The van der Waals surface area contributed by atoms with Crippen molar-refractivity contribution in [2.75, 3.05) is 33.4 Å². The Morgan fingerprint density at radius 2 is 1.68 bits per heavy atom. The Balaban J connectivity index is 0.000000407. The van der Waals surface area contributed by atoms with Crippen molar-refractivity contribution < 1.29 is 47.9 Å². The van der Waals surface area contributed by atoms with Crippen molar-refractivity contribution >= 4 is 11.9 Å². The zero-order valence-electron chi connectivity index (χ0n) is 17.0. The highest BCUT2D eigenvalue weighted by Gasteiger charge is 2.32. The van der Waals surface area contributed by atoms with Crippen LogP contribution in [0.15, 0.2) is 24.3 Å². The molecule has 1 aromatic carbocycles. The van der Waals surface area contributed by atoms with Crippen LogP contribution in [0, 0.1) is 0 Å². The molecule has 1 aliphatic heterocycles. The second kappa shape index (κ2) is 12.0. The first-order valence-electron chi connectivity index (χ1n) is 9.34. The van der Waals surface area contributed by atoms with Crippen LogP contribution in [0.1, 0.15) is 24.1 Å². The third-order valence-electron chi connectivity index (χ3n) is 4.71. The van der Waals surface area contributed by atoms with Crippen molar-refractivity contribution in [2.45, 2.75) is 37.4 Å². The molecule has 0 aliphatic carbocycles. The molecule has 0 radical (unpaired) electrons. The standard InChI is InChI=1S/C15H21F3N2O.C4H6O6/c1-11-9-19-7-8-20(11)14(10-21-2)12-3-5-13(6-4-12)15(16,17)18;5-1(3(7)8)2(6)4(9)10/h3-6,11,14,19H,7-10H2,1-2H3;1-2,5-6H,(H,7,8)(H,9,10)/t11-,14-;/m0./s1. The Hall–Kier alpha value is -2.25. The first kappa shape index (κ1) is 26.8. The van der Waals surface area contributed by atoms with Gasteiger partial charge < -0.3 is 30.5 Å². The molecule has 1 aromatic rings. The Labute approximate surface area is 177 Å². The van der Waals surface area contributed by atoms with Gasteiger partial charge in [0.15, 0.2) is 12.2 Å². The summed E-state index contributed by atoms with van der Waals surface area (Å²) in [6.45, 7) is 5.19. The number of piperazine rings is 1. The highest BCUT2D eigenvalue weighted by molar-refractivity contribution is 5.83. The van der Waals surface area contributed by atoms with Gasteiger partial charge in [0.2, 0.25) is 0 Å². The Morgan fingerprint density at radius 1 is 1.16 bits per heavy atom. The summed E-state index contributed by atoms with van der Waals surface area (Å²) in [5, 5.41) is 35.8. The predicted molar refractivity (Wildman–Crippen MR) is 102 cm³/mol. The molecule has 4 atom stereocenters. The predicted octanol–water partition coefficient (Wildman–Crippen LogP) is 0.564. The lowest BCUT2D eigenvalue weighted by Gasteiger charge is -2.40. The minimum absolute atomic E-state index is 0.0191. The fourth-order valence-electron chi connectivity index (χ4n) is 3.03. The molecule has 1 heterocycles. The van der Waals surface area contributed by atoms with E-state index in [1.807, 2.05) is 0 Å². The lowest BCUT2D eigenvalue weighted by Crippen LogP contribution is -2.51. The summed E-state index contributed by atoms with van der Waals surface area (Å²) in [5.74, 6) is -3.54. The number of carboxylic acid groups (broad SMARTS) is 2. The van der Waals surface area contributed by atoms with Gasteiger partial charge in [-0.15, -0.1) is 0 Å². The summed E-state index contributed by atoms with van der Waals surface area (Å²) < 4.78 is 43.2. The molecule has 0 aromatic heterocycles. The second-order valence-corrected chi connectivity index (χ2v) is 6.95. The normalized spacial score (nSPS) is 20.2. The number of nitrogens with one attached hydrogen (secondary N) is 1. The van der Waals surface area contributed by atoms with Gasteiger partial charge in [0.25, 0.3) is 0 Å². The van der Waals surface area contributed by atoms with Crippen LogP contribution in [-0.4, -0.2) is 88.9 Å². The SMILES string of the molecule is COC[C@@H](c1ccc(C(F)(F)F)cc1)N1CCNC[C@@H]1C.O=C(O)C(O)C(O)C(=O)O. The van der Waals surface area contributed by atoms with E-state index in [2.05, 4.69) is 17.1 Å². The Morgan fingerprint density at radius 3 is 2.06 bits per heavy atom. The topological polar surface area (TPSA) is 140 Å². The Kier molecular flexibility index (Phi) is 10.3. The number of alkyl halides is 3. The van der Waals surface area contributed by atoms with Gasteiger partial charge in [-0.25, -0.2) is 9.59 Å². The summed E-state index contributed by atoms with van der Waals surface area (Å²) in [7, 11) is 1.62. The molecular formula is C19H27F3N2O7. The number of aliphatic carboxylic acids is 2. The van der Waals surface area contributed by atoms with E-state index in [1.165, 1.54) is 0 Å². The molecule has 0 spiro atoms. The minimum Gasteiger partial charge on any atom is -0.479 e. The molecule has 1 saturated heterocycles. The maximum atomic E-state index is 12.6. The summed E-state index contributed by atoms with van der Waals surface area (Å²) in [6, 6.07) is 5.70. The van der Waals surface area contributed by atoms with Crippen LogP contribution in [0.5, 0.6) is 0 Å². The third kappa shape index (κ3) is 8.07. The maximum absolute atomic E-state index is 12.6. The largest absolute Gasteiger partial charge is 0.479 e. The summed E-state index contributed by atoms with van der Waals surface area (Å²) in [5.41, 5.74) is 0.245. The van der Waals surface area contributed by atoms with E-state index in [1.54, 1.807) is 19.2 Å². The van der Waals surface area contributed by atoms with Crippen molar-refractivity contribution in [2.24, 2.45) is 0 Å². The van der Waals surface area contributed by atoms with Crippen LogP contribution in [0.2, 0.25) is 0 Å². The monoisotopic (exact) mass is 452 g/mol. The zero-order chi connectivity index (χ0) is 23.8. The van der Waals surface area contributed by atoms with Crippen molar-refractivity contribution in [3.05, 3.63) is 35.4 Å². The van der Waals surface area contributed by atoms with Crippen LogP contribution in [0.4, 0.5) is 13.2 Å². The van der Waals surface area contributed by atoms with Crippen LogP contribution >= 0.6 is 0 Å². The van der Waals surface area contributed by atoms with E-state index < -0.39 is 35.9 Å². The maximum Gasteiger partial charge on any atom is 0.416 e. The first-order valence-corrected chi connectivity index (χ1v) is 9.34. The number of rotatable bonds is 7. The molecule has 2 rings (SSSR count).